The van der Waals surface area contributed by atoms with Gasteiger partial charge in [0.2, 0.25) is 0 Å². The van der Waals surface area contributed by atoms with Gasteiger partial charge in [0.25, 0.3) is 0 Å². The van der Waals surface area contributed by atoms with E-state index in [1.165, 1.54) is 11.1 Å². The van der Waals surface area contributed by atoms with Crippen LogP contribution in [0.1, 0.15) is 11.1 Å². The van der Waals surface area contributed by atoms with E-state index in [4.69, 9.17) is 0 Å². The summed E-state index contributed by atoms with van der Waals surface area (Å²) in [5.41, 5.74) is 4.59. The van der Waals surface area contributed by atoms with Crippen molar-refractivity contribution in [2.24, 2.45) is 0 Å². The van der Waals surface area contributed by atoms with Crippen LogP contribution in [0.25, 0.3) is 0 Å². The molecule has 0 unspecified atom stereocenters. The van der Waals surface area contributed by atoms with Gasteiger partial charge in [0.1, 0.15) is 0 Å². The molecule has 0 saturated heterocycles. The van der Waals surface area contributed by atoms with E-state index in [1.54, 1.807) is 0 Å². The van der Waals surface area contributed by atoms with Crippen LogP contribution in [0.4, 0.5) is 11.4 Å². The minimum Gasteiger partial charge on any atom is -0.381 e. The average molecular weight is 556 g/mol. The molecule has 0 radical (unpaired) electrons. The van der Waals surface area contributed by atoms with Crippen LogP contribution < -0.4 is 10.6 Å². The molecule has 118 valence electrons. The van der Waals surface area contributed by atoms with Crippen LogP contribution >= 0.6 is 63.7 Å². The Morgan fingerprint density at radius 3 is 1.18 bits per heavy atom. The molecule has 2 nitrogen and oxygen atoms in total. The van der Waals surface area contributed by atoms with Crippen molar-refractivity contribution in [3.05, 3.63) is 53.3 Å². The fourth-order valence-electron chi connectivity index (χ4n) is 2.11. The predicted molar refractivity (Wildman–Crippen MR) is 110 cm³/mol. The van der Waals surface area contributed by atoms with E-state index in [2.05, 4.69) is 112 Å². The van der Waals surface area contributed by atoms with Crippen LogP contribution in [-0.4, -0.2) is 13.1 Å². The first kappa shape index (κ1) is 18.3. The van der Waals surface area contributed by atoms with Gasteiger partial charge < -0.3 is 10.6 Å². The molecule has 0 spiro atoms. The van der Waals surface area contributed by atoms with Crippen molar-refractivity contribution in [2.75, 3.05) is 23.7 Å². The van der Waals surface area contributed by atoms with Crippen LogP contribution in [0.5, 0.6) is 0 Å². The topological polar surface area (TPSA) is 24.1 Å². The molecule has 2 aromatic rings. The Balaban J connectivity index is 1.96. The van der Waals surface area contributed by atoms with Gasteiger partial charge in [-0.05, 0) is 113 Å². The van der Waals surface area contributed by atoms with E-state index in [1.807, 2.05) is 0 Å². The van der Waals surface area contributed by atoms with Crippen LogP contribution in [0, 0.1) is 13.8 Å². The summed E-state index contributed by atoms with van der Waals surface area (Å²) < 4.78 is 4.27. The van der Waals surface area contributed by atoms with Gasteiger partial charge in [0.05, 0.1) is 11.4 Å². The Kier molecular flexibility index (Phi) is 6.80. The summed E-state index contributed by atoms with van der Waals surface area (Å²) in [5.74, 6) is 0. The fraction of sp³-hybridized carbons (Fsp3) is 0.250. The lowest BCUT2D eigenvalue weighted by Gasteiger charge is -2.15. The first-order chi connectivity index (χ1) is 10.4. The number of hydrogen-bond donors (Lipinski definition) is 2. The lowest BCUT2D eigenvalue weighted by atomic mass is 10.2. The van der Waals surface area contributed by atoms with Crippen molar-refractivity contribution in [3.63, 3.8) is 0 Å². The molecule has 0 fully saturated rings. The summed E-state index contributed by atoms with van der Waals surface area (Å²) in [4.78, 5) is 0. The molecule has 6 heteroatoms. The largest absolute Gasteiger partial charge is 0.381 e. The number of nitrogens with one attached hydrogen (secondary N) is 2. The molecule has 2 rings (SSSR count). The minimum atomic E-state index is 0.813. The molecule has 2 N–H and O–H groups in total. The minimum absolute atomic E-state index is 0.813. The van der Waals surface area contributed by atoms with E-state index in [0.29, 0.717) is 0 Å². The van der Waals surface area contributed by atoms with E-state index in [9.17, 15) is 0 Å². The monoisotopic (exact) mass is 552 g/mol. The quantitative estimate of drug-likeness (QED) is 0.393. The highest BCUT2D eigenvalue weighted by Gasteiger charge is 2.07. The second-order valence-corrected chi connectivity index (χ2v) is 8.48. The maximum absolute atomic E-state index is 3.60. The third kappa shape index (κ3) is 4.73. The highest BCUT2D eigenvalue weighted by Crippen LogP contribution is 2.33. The molecule has 0 atom stereocenters. The summed E-state index contributed by atoms with van der Waals surface area (Å²) >= 11 is 14.4. The SMILES string of the molecule is Cc1cc(Br)c(NCCNc2c(Br)cc(C)cc2Br)c(Br)c1. The zero-order valence-electron chi connectivity index (χ0n) is 12.2. The maximum Gasteiger partial charge on any atom is 0.0629 e. The molecule has 0 amide bonds. The Labute approximate surface area is 165 Å². The molecule has 0 aliphatic carbocycles. The molecule has 22 heavy (non-hydrogen) atoms. The Morgan fingerprint density at radius 2 is 0.909 bits per heavy atom. The second kappa shape index (κ2) is 8.18. The van der Waals surface area contributed by atoms with Crippen molar-refractivity contribution < 1.29 is 0 Å². The van der Waals surface area contributed by atoms with Crippen LogP contribution in [-0.2, 0) is 0 Å². The van der Waals surface area contributed by atoms with Crippen molar-refractivity contribution in [1.82, 2.24) is 0 Å². The smallest absolute Gasteiger partial charge is 0.0629 e. The van der Waals surface area contributed by atoms with E-state index in [-0.39, 0.29) is 0 Å². The van der Waals surface area contributed by atoms with Crippen molar-refractivity contribution in [2.45, 2.75) is 13.8 Å². The van der Waals surface area contributed by atoms with E-state index >= 15 is 0 Å². The van der Waals surface area contributed by atoms with Gasteiger partial charge in [-0.1, -0.05) is 0 Å². The molecule has 0 aliphatic rings. The number of halogens is 4. The van der Waals surface area contributed by atoms with Gasteiger partial charge >= 0.3 is 0 Å². The van der Waals surface area contributed by atoms with Gasteiger partial charge in [-0.3, -0.25) is 0 Å². The molecular weight excluding hydrogens is 540 g/mol. The van der Waals surface area contributed by atoms with Gasteiger partial charge in [-0.2, -0.15) is 0 Å². The van der Waals surface area contributed by atoms with Gasteiger partial charge in [-0.25, -0.2) is 0 Å². The summed E-state index contributed by atoms with van der Waals surface area (Å²) in [5, 5.41) is 6.88. The Bertz CT molecular complexity index is 580. The Hall–Kier alpha value is -0.0400. The highest BCUT2D eigenvalue weighted by atomic mass is 79.9. The van der Waals surface area contributed by atoms with Crippen LogP contribution in [0.15, 0.2) is 42.2 Å². The molecule has 0 saturated carbocycles. The zero-order valence-corrected chi connectivity index (χ0v) is 18.6. The van der Waals surface area contributed by atoms with Gasteiger partial charge in [-0.15, -0.1) is 0 Å². The van der Waals surface area contributed by atoms with Crippen molar-refractivity contribution >= 4 is 75.1 Å². The third-order valence-electron chi connectivity index (χ3n) is 3.10. The number of anilines is 2. The standard InChI is InChI=1S/C16H16Br4N2/c1-9-5-11(17)15(12(18)6-9)21-3-4-22-16-13(19)7-10(2)8-14(16)20/h5-8,21-22H,3-4H2,1-2H3. The van der Waals surface area contributed by atoms with Crippen LogP contribution in [0.2, 0.25) is 0 Å². The lowest BCUT2D eigenvalue weighted by molar-refractivity contribution is 1.07. The highest BCUT2D eigenvalue weighted by molar-refractivity contribution is 9.11. The van der Waals surface area contributed by atoms with Crippen molar-refractivity contribution in [1.29, 1.82) is 0 Å². The predicted octanol–water partition coefficient (Wildman–Crippen LogP) is 6.88. The molecular formula is C16H16Br4N2. The average Bonchev–Trinajstić information content (AvgIpc) is 2.38. The summed E-state index contributed by atoms with van der Waals surface area (Å²) in [6.07, 6.45) is 0. The number of aryl methyl sites for hydroxylation is 2. The van der Waals surface area contributed by atoms with Gasteiger partial charge in [0, 0.05) is 31.0 Å². The Morgan fingerprint density at radius 1 is 0.636 bits per heavy atom. The lowest BCUT2D eigenvalue weighted by Crippen LogP contribution is -2.14. The zero-order chi connectivity index (χ0) is 16.3. The number of benzene rings is 2. The van der Waals surface area contributed by atoms with Crippen molar-refractivity contribution in [3.8, 4) is 0 Å². The van der Waals surface area contributed by atoms with E-state index < -0.39 is 0 Å². The summed E-state index contributed by atoms with van der Waals surface area (Å²) in [6, 6.07) is 8.42. The molecule has 0 bridgehead atoms. The summed E-state index contributed by atoms with van der Waals surface area (Å²) in [7, 11) is 0. The number of rotatable bonds is 5. The fourth-order valence-corrected chi connectivity index (χ4v) is 5.50. The molecule has 0 aliphatic heterocycles. The van der Waals surface area contributed by atoms with E-state index in [0.717, 1.165) is 42.4 Å². The first-order valence-electron chi connectivity index (χ1n) is 6.77. The first-order valence-corrected chi connectivity index (χ1v) is 9.94. The normalized spacial score (nSPS) is 10.6. The number of hydrogen-bond acceptors (Lipinski definition) is 2. The summed E-state index contributed by atoms with van der Waals surface area (Å²) in [6.45, 7) is 5.78. The van der Waals surface area contributed by atoms with Crippen LogP contribution in [0.3, 0.4) is 0 Å². The maximum atomic E-state index is 3.60. The van der Waals surface area contributed by atoms with Gasteiger partial charge in [0.15, 0.2) is 0 Å². The molecule has 0 aromatic heterocycles. The third-order valence-corrected chi connectivity index (χ3v) is 5.60. The second-order valence-electron chi connectivity index (χ2n) is 5.06. The molecule has 0 heterocycles. The molecule has 2 aromatic carbocycles.